The summed E-state index contributed by atoms with van der Waals surface area (Å²) >= 11 is 3.62. The molecule has 4 aromatic rings. The van der Waals surface area contributed by atoms with Gasteiger partial charge >= 0.3 is 0 Å². The van der Waals surface area contributed by atoms with E-state index in [-0.39, 0.29) is 0 Å². The van der Waals surface area contributed by atoms with Gasteiger partial charge in [-0.3, -0.25) is 0 Å². The fourth-order valence-electron chi connectivity index (χ4n) is 3.18. The Balaban J connectivity index is 2.15. The first-order valence-corrected chi connectivity index (χ1v) is 8.20. The van der Waals surface area contributed by atoms with E-state index in [2.05, 4.69) is 95.7 Å². The summed E-state index contributed by atoms with van der Waals surface area (Å²) in [5, 5.41) is 5.22. The number of aryl methyl sites for hydroxylation is 1. The number of halogens is 1. The fraction of sp³-hybridized carbons (Fsp3) is 0.0476. The summed E-state index contributed by atoms with van der Waals surface area (Å²) in [5.74, 6) is 0. The van der Waals surface area contributed by atoms with Crippen LogP contribution in [0.15, 0.2) is 77.3 Å². The summed E-state index contributed by atoms with van der Waals surface area (Å²) in [5.41, 5.74) is 3.81. The van der Waals surface area contributed by atoms with Crippen molar-refractivity contribution in [2.75, 3.05) is 0 Å². The van der Waals surface area contributed by atoms with Gasteiger partial charge in [0.1, 0.15) is 0 Å². The summed E-state index contributed by atoms with van der Waals surface area (Å²) in [6.07, 6.45) is 0. The molecule has 0 atom stereocenters. The van der Waals surface area contributed by atoms with Gasteiger partial charge in [0.05, 0.1) is 0 Å². The van der Waals surface area contributed by atoms with E-state index in [9.17, 15) is 0 Å². The smallest absolute Gasteiger partial charge is 0.0184 e. The standard InChI is InChI=1S/C21H15Br/c1-14-10-16(12-17(22)11-14)21-13-15-6-2-3-7-18(15)19-8-4-5-9-20(19)21/h2-13H,1H3. The minimum atomic E-state index is 1.12. The SMILES string of the molecule is Cc1cc(Br)cc(-c2cc3ccccc3c3ccccc23)c1. The van der Waals surface area contributed by atoms with Crippen LogP contribution in [0.1, 0.15) is 5.56 Å². The van der Waals surface area contributed by atoms with Crippen LogP contribution >= 0.6 is 15.9 Å². The number of benzene rings is 4. The molecule has 4 rings (SSSR count). The maximum absolute atomic E-state index is 3.62. The number of hydrogen-bond donors (Lipinski definition) is 0. The number of fused-ring (bicyclic) bond motifs is 3. The molecule has 0 aliphatic carbocycles. The van der Waals surface area contributed by atoms with E-state index >= 15 is 0 Å². The Kier molecular flexibility index (Phi) is 3.24. The van der Waals surface area contributed by atoms with Gasteiger partial charge in [-0.1, -0.05) is 70.5 Å². The molecular weight excluding hydrogens is 332 g/mol. The molecule has 0 heterocycles. The topological polar surface area (TPSA) is 0 Å². The lowest BCUT2D eigenvalue weighted by Gasteiger charge is -2.12. The molecule has 0 aliphatic heterocycles. The summed E-state index contributed by atoms with van der Waals surface area (Å²) in [6, 6.07) is 26.2. The predicted molar refractivity (Wildman–Crippen MR) is 99.3 cm³/mol. The van der Waals surface area contributed by atoms with Gasteiger partial charge in [-0.2, -0.15) is 0 Å². The lowest BCUT2D eigenvalue weighted by atomic mass is 9.93. The first-order chi connectivity index (χ1) is 10.7. The van der Waals surface area contributed by atoms with Crippen molar-refractivity contribution in [1.29, 1.82) is 0 Å². The van der Waals surface area contributed by atoms with Crippen LogP contribution in [0.4, 0.5) is 0 Å². The molecule has 0 radical (unpaired) electrons. The lowest BCUT2D eigenvalue weighted by molar-refractivity contribution is 1.45. The van der Waals surface area contributed by atoms with Crippen molar-refractivity contribution in [2.45, 2.75) is 6.92 Å². The Morgan fingerprint density at radius 2 is 1.36 bits per heavy atom. The summed E-state index contributed by atoms with van der Waals surface area (Å²) in [4.78, 5) is 0. The van der Waals surface area contributed by atoms with Gasteiger partial charge in [-0.05, 0) is 63.4 Å². The third-order valence-electron chi connectivity index (χ3n) is 4.12. The second kappa shape index (κ2) is 5.26. The van der Waals surface area contributed by atoms with Gasteiger partial charge in [0, 0.05) is 4.47 Å². The molecule has 0 amide bonds. The first kappa shape index (κ1) is 13.5. The van der Waals surface area contributed by atoms with Gasteiger partial charge in [-0.15, -0.1) is 0 Å². The summed E-state index contributed by atoms with van der Waals surface area (Å²) in [6.45, 7) is 2.14. The number of rotatable bonds is 1. The highest BCUT2D eigenvalue weighted by Crippen LogP contribution is 2.36. The van der Waals surface area contributed by atoms with Crippen molar-refractivity contribution in [3.05, 3.63) is 82.8 Å². The van der Waals surface area contributed by atoms with Gasteiger partial charge in [0.25, 0.3) is 0 Å². The monoisotopic (exact) mass is 346 g/mol. The quantitative estimate of drug-likeness (QED) is 0.335. The van der Waals surface area contributed by atoms with E-state index in [1.165, 1.54) is 38.2 Å². The van der Waals surface area contributed by atoms with Crippen LogP contribution in [0.2, 0.25) is 0 Å². The van der Waals surface area contributed by atoms with E-state index < -0.39 is 0 Å². The molecule has 0 aliphatic rings. The highest BCUT2D eigenvalue weighted by atomic mass is 79.9. The van der Waals surface area contributed by atoms with Crippen LogP contribution in [0, 0.1) is 6.92 Å². The van der Waals surface area contributed by atoms with Crippen molar-refractivity contribution < 1.29 is 0 Å². The normalized spacial score (nSPS) is 11.2. The molecule has 0 unspecified atom stereocenters. The second-order valence-electron chi connectivity index (χ2n) is 5.71. The minimum Gasteiger partial charge on any atom is -0.0616 e. The van der Waals surface area contributed by atoms with Crippen LogP contribution in [0.5, 0.6) is 0 Å². The Morgan fingerprint density at radius 1 is 0.682 bits per heavy atom. The van der Waals surface area contributed by atoms with Crippen molar-refractivity contribution >= 4 is 37.5 Å². The van der Waals surface area contributed by atoms with Crippen LogP contribution in [-0.4, -0.2) is 0 Å². The Bertz CT molecular complexity index is 979. The average molecular weight is 347 g/mol. The van der Waals surface area contributed by atoms with Crippen LogP contribution in [0.3, 0.4) is 0 Å². The maximum atomic E-state index is 3.62. The van der Waals surface area contributed by atoms with Gasteiger partial charge in [-0.25, -0.2) is 0 Å². The highest BCUT2D eigenvalue weighted by molar-refractivity contribution is 9.10. The maximum Gasteiger partial charge on any atom is 0.0184 e. The zero-order valence-electron chi connectivity index (χ0n) is 12.3. The zero-order chi connectivity index (χ0) is 15.1. The van der Waals surface area contributed by atoms with Crippen molar-refractivity contribution in [2.24, 2.45) is 0 Å². The second-order valence-corrected chi connectivity index (χ2v) is 6.62. The largest absolute Gasteiger partial charge is 0.0616 e. The van der Waals surface area contributed by atoms with Crippen LogP contribution < -0.4 is 0 Å². The third kappa shape index (κ3) is 2.22. The van der Waals surface area contributed by atoms with Gasteiger partial charge in [0.2, 0.25) is 0 Å². The van der Waals surface area contributed by atoms with Crippen molar-refractivity contribution in [3.63, 3.8) is 0 Å². The zero-order valence-corrected chi connectivity index (χ0v) is 13.9. The van der Waals surface area contributed by atoms with Crippen molar-refractivity contribution in [3.8, 4) is 11.1 Å². The molecule has 0 fully saturated rings. The first-order valence-electron chi connectivity index (χ1n) is 7.40. The van der Waals surface area contributed by atoms with E-state index in [0.29, 0.717) is 0 Å². The van der Waals surface area contributed by atoms with Gasteiger partial charge < -0.3 is 0 Å². The number of hydrogen-bond acceptors (Lipinski definition) is 0. The Labute approximate surface area is 138 Å². The summed E-state index contributed by atoms with van der Waals surface area (Å²) < 4.78 is 1.12. The van der Waals surface area contributed by atoms with Crippen molar-refractivity contribution in [1.82, 2.24) is 0 Å². The average Bonchev–Trinajstić information content (AvgIpc) is 2.53. The molecule has 0 aromatic heterocycles. The molecule has 22 heavy (non-hydrogen) atoms. The van der Waals surface area contributed by atoms with E-state index in [0.717, 1.165) is 4.47 Å². The molecule has 1 heteroatoms. The molecule has 0 nitrogen and oxygen atoms in total. The minimum absolute atomic E-state index is 1.12. The van der Waals surface area contributed by atoms with E-state index in [1.54, 1.807) is 0 Å². The lowest BCUT2D eigenvalue weighted by Crippen LogP contribution is -1.85. The van der Waals surface area contributed by atoms with E-state index in [1.807, 2.05) is 0 Å². The fourth-order valence-corrected chi connectivity index (χ4v) is 3.79. The Morgan fingerprint density at radius 3 is 2.14 bits per heavy atom. The van der Waals surface area contributed by atoms with Crippen LogP contribution in [0.25, 0.3) is 32.7 Å². The molecule has 0 bridgehead atoms. The summed E-state index contributed by atoms with van der Waals surface area (Å²) in [7, 11) is 0. The Hall–Kier alpha value is -2.12. The molecule has 0 spiro atoms. The molecule has 106 valence electrons. The third-order valence-corrected chi connectivity index (χ3v) is 4.58. The highest BCUT2D eigenvalue weighted by Gasteiger charge is 2.08. The molecular formula is C21H15Br. The predicted octanol–water partition coefficient (Wildman–Crippen LogP) is 6.73. The molecule has 4 aromatic carbocycles. The van der Waals surface area contributed by atoms with Crippen LogP contribution in [-0.2, 0) is 0 Å². The van der Waals surface area contributed by atoms with Gasteiger partial charge in [0.15, 0.2) is 0 Å². The molecule has 0 saturated carbocycles. The van der Waals surface area contributed by atoms with E-state index in [4.69, 9.17) is 0 Å². The molecule has 0 N–H and O–H groups in total. The molecule has 0 saturated heterocycles.